The van der Waals surface area contributed by atoms with Crippen molar-refractivity contribution in [1.82, 2.24) is 26.2 Å². The second-order valence-electron chi connectivity index (χ2n) is 11.4. The minimum Gasteiger partial charge on any atom is -0.368 e. The molecule has 5 atom stereocenters. The first-order valence-electron chi connectivity index (χ1n) is 15.1. The molecule has 14 nitrogen and oxygen atoms in total. The van der Waals surface area contributed by atoms with Crippen molar-refractivity contribution in [3.05, 3.63) is 35.9 Å². The van der Waals surface area contributed by atoms with Gasteiger partial charge in [-0.05, 0) is 57.1 Å². The highest BCUT2D eigenvalue weighted by molar-refractivity contribution is 5.96. The van der Waals surface area contributed by atoms with Crippen molar-refractivity contribution in [2.24, 2.45) is 23.1 Å². The summed E-state index contributed by atoms with van der Waals surface area (Å²) in [5.74, 6) is -3.60. The van der Waals surface area contributed by atoms with Crippen molar-refractivity contribution in [3.8, 4) is 0 Å². The fraction of sp³-hybridized carbons (Fsp3) is 0.600. The SMILES string of the molecule is CC(C)[C@H](NC(=O)[C@H](Cc1ccccc1)NC(=O)[C@H](CCCCN)NC(=O)[C@@H]1CCCN1C(=O)[C@H](C)NC(=O)CN)C(N)=O. The molecule has 0 saturated carbocycles. The molecular formula is C30H48N8O6. The van der Waals surface area contributed by atoms with Crippen LogP contribution in [-0.2, 0) is 35.2 Å². The molecule has 0 bridgehead atoms. The lowest BCUT2D eigenvalue weighted by Crippen LogP contribution is -2.59. The summed E-state index contributed by atoms with van der Waals surface area (Å²) < 4.78 is 0. The van der Waals surface area contributed by atoms with Gasteiger partial charge in [-0.25, -0.2) is 0 Å². The Balaban J connectivity index is 2.24. The van der Waals surface area contributed by atoms with Gasteiger partial charge in [-0.1, -0.05) is 44.2 Å². The Morgan fingerprint density at radius 3 is 2.14 bits per heavy atom. The predicted molar refractivity (Wildman–Crippen MR) is 164 cm³/mol. The standard InChI is InChI=1S/C30H48N8O6/c1-18(2)25(26(33)40)37-28(42)22(16-20-10-5-4-6-11-20)36-27(41)21(12-7-8-14-31)35-29(43)23-13-9-15-38(23)30(44)19(3)34-24(39)17-32/h4-6,10-11,18-19,21-23,25H,7-9,12-17,31-32H2,1-3H3,(H2,33,40)(H,34,39)(H,35,43)(H,36,41)(H,37,42)/t19-,21-,22-,23-,25-/m0/s1. The summed E-state index contributed by atoms with van der Waals surface area (Å²) in [6.45, 7) is 5.44. The van der Waals surface area contributed by atoms with Gasteiger partial charge in [-0.2, -0.15) is 0 Å². The van der Waals surface area contributed by atoms with Gasteiger partial charge in [0.25, 0.3) is 0 Å². The largest absolute Gasteiger partial charge is 0.368 e. The number of carbonyl (C=O) groups excluding carboxylic acids is 6. The highest BCUT2D eigenvalue weighted by Crippen LogP contribution is 2.19. The monoisotopic (exact) mass is 616 g/mol. The fourth-order valence-electron chi connectivity index (χ4n) is 5.10. The molecule has 1 aromatic carbocycles. The van der Waals surface area contributed by atoms with Crippen molar-refractivity contribution >= 4 is 35.4 Å². The third-order valence-corrected chi connectivity index (χ3v) is 7.54. The van der Waals surface area contributed by atoms with Crippen LogP contribution in [0.5, 0.6) is 0 Å². The second-order valence-corrected chi connectivity index (χ2v) is 11.4. The lowest BCUT2D eigenvalue weighted by molar-refractivity contribution is -0.141. The minimum absolute atomic E-state index is 0.128. The van der Waals surface area contributed by atoms with Crippen LogP contribution in [-0.4, -0.2) is 90.2 Å². The molecule has 1 saturated heterocycles. The van der Waals surface area contributed by atoms with Crippen LogP contribution in [0.1, 0.15) is 58.4 Å². The third-order valence-electron chi connectivity index (χ3n) is 7.54. The molecule has 0 spiro atoms. The molecule has 10 N–H and O–H groups in total. The smallest absolute Gasteiger partial charge is 0.245 e. The van der Waals surface area contributed by atoms with Crippen molar-refractivity contribution in [2.45, 2.75) is 89.5 Å². The van der Waals surface area contributed by atoms with Gasteiger partial charge in [0.05, 0.1) is 6.54 Å². The number of nitrogens with zero attached hydrogens (tertiary/aromatic N) is 1. The molecule has 1 aromatic rings. The van der Waals surface area contributed by atoms with Crippen LogP contribution in [0.3, 0.4) is 0 Å². The number of likely N-dealkylation sites (tertiary alicyclic amines) is 1. The molecule has 244 valence electrons. The lowest BCUT2D eigenvalue weighted by atomic mass is 10.0. The summed E-state index contributed by atoms with van der Waals surface area (Å²) in [5.41, 5.74) is 17.3. The summed E-state index contributed by atoms with van der Waals surface area (Å²) in [6.07, 6.45) is 2.46. The summed E-state index contributed by atoms with van der Waals surface area (Å²) in [7, 11) is 0. The number of benzene rings is 1. The highest BCUT2D eigenvalue weighted by atomic mass is 16.2. The number of unbranched alkanes of at least 4 members (excludes halogenated alkanes) is 1. The van der Waals surface area contributed by atoms with Crippen LogP contribution < -0.4 is 38.5 Å². The topological polar surface area (TPSA) is 232 Å². The van der Waals surface area contributed by atoms with Crippen LogP contribution in [0.2, 0.25) is 0 Å². The number of nitrogens with one attached hydrogen (secondary N) is 4. The Kier molecular flexibility index (Phi) is 14.7. The molecule has 14 heteroatoms. The van der Waals surface area contributed by atoms with E-state index in [0.29, 0.717) is 38.8 Å². The van der Waals surface area contributed by atoms with E-state index in [4.69, 9.17) is 17.2 Å². The number of hydrogen-bond acceptors (Lipinski definition) is 8. The first kappa shape index (κ1) is 36.2. The average Bonchev–Trinajstić information content (AvgIpc) is 3.48. The van der Waals surface area contributed by atoms with Gasteiger partial charge in [0.1, 0.15) is 30.2 Å². The van der Waals surface area contributed by atoms with E-state index in [9.17, 15) is 28.8 Å². The molecule has 1 aliphatic rings. The van der Waals surface area contributed by atoms with E-state index < -0.39 is 65.7 Å². The Bertz CT molecular complexity index is 1150. The van der Waals surface area contributed by atoms with E-state index in [1.165, 1.54) is 11.8 Å². The van der Waals surface area contributed by atoms with E-state index in [1.807, 2.05) is 18.2 Å². The normalized spacial score (nSPS) is 17.2. The van der Waals surface area contributed by atoms with E-state index in [0.717, 1.165) is 5.56 Å². The zero-order valence-corrected chi connectivity index (χ0v) is 25.8. The highest BCUT2D eigenvalue weighted by Gasteiger charge is 2.38. The number of amides is 6. The summed E-state index contributed by atoms with van der Waals surface area (Å²) in [4.78, 5) is 78.6. The van der Waals surface area contributed by atoms with Crippen molar-refractivity contribution < 1.29 is 28.8 Å². The van der Waals surface area contributed by atoms with Crippen molar-refractivity contribution in [3.63, 3.8) is 0 Å². The van der Waals surface area contributed by atoms with Crippen LogP contribution in [0.25, 0.3) is 0 Å². The molecule has 0 unspecified atom stereocenters. The fourth-order valence-corrected chi connectivity index (χ4v) is 5.10. The third kappa shape index (κ3) is 10.9. The number of rotatable bonds is 17. The Labute approximate surface area is 258 Å². The summed E-state index contributed by atoms with van der Waals surface area (Å²) in [5, 5.41) is 10.7. The zero-order chi connectivity index (χ0) is 32.8. The summed E-state index contributed by atoms with van der Waals surface area (Å²) >= 11 is 0. The first-order chi connectivity index (χ1) is 20.9. The molecule has 0 aromatic heterocycles. The molecule has 0 aliphatic carbocycles. The van der Waals surface area contributed by atoms with E-state index in [2.05, 4.69) is 21.3 Å². The van der Waals surface area contributed by atoms with Gasteiger partial charge >= 0.3 is 0 Å². The maximum Gasteiger partial charge on any atom is 0.245 e. The van der Waals surface area contributed by atoms with Crippen LogP contribution in [0.15, 0.2) is 30.3 Å². The molecule has 1 fully saturated rings. The average molecular weight is 617 g/mol. The quantitative estimate of drug-likeness (QED) is 0.101. The molecule has 0 radical (unpaired) electrons. The molecular weight excluding hydrogens is 568 g/mol. The molecule has 6 amide bonds. The number of hydrogen-bond donors (Lipinski definition) is 7. The van der Waals surface area contributed by atoms with Gasteiger partial charge in [0.15, 0.2) is 0 Å². The molecule has 1 heterocycles. The van der Waals surface area contributed by atoms with Gasteiger partial charge in [-0.3, -0.25) is 28.8 Å². The van der Waals surface area contributed by atoms with E-state index in [-0.39, 0.29) is 25.3 Å². The number of primary amides is 1. The van der Waals surface area contributed by atoms with E-state index >= 15 is 0 Å². The lowest BCUT2D eigenvalue weighted by Gasteiger charge is -2.29. The van der Waals surface area contributed by atoms with Gasteiger partial charge < -0.3 is 43.4 Å². The number of nitrogens with two attached hydrogens (primary N) is 3. The minimum atomic E-state index is -1.07. The Morgan fingerprint density at radius 2 is 1.55 bits per heavy atom. The maximum atomic E-state index is 13.7. The van der Waals surface area contributed by atoms with Crippen molar-refractivity contribution in [2.75, 3.05) is 19.6 Å². The van der Waals surface area contributed by atoms with Gasteiger partial charge in [0, 0.05) is 13.0 Å². The van der Waals surface area contributed by atoms with Crippen LogP contribution >= 0.6 is 0 Å². The van der Waals surface area contributed by atoms with Gasteiger partial charge in [0.2, 0.25) is 35.4 Å². The molecule has 1 aliphatic heterocycles. The second kappa shape index (κ2) is 17.9. The van der Waals surface area contributed by atoms with E-state index in [1.54, 1.807) is 26.0 Å². The zero-order valence-electron chi connectivity index (χ0n) is 25.8. The number of carbonyl (C=O) groups is 6. The maximum absolute atomic E-state index is 13.7. The Hall–Kier alpha value is -4.04. The van der Waals surface area contributed by atoms with Crippen LogP contribution in [0, 0.1) is 5.92 Å². The van der Waals surface area contributed by atoms with Crippen molar-refractivity contribution in [1.29, 1.82) is 0 Å². The first-order valence-corrected chi connectivity index (χ1v) is 15.1. The van der Waals surface area contributed by atoms with Gasteiger partial charge in [-0.15, -0.1) is 0 Å². The predicted octanol–water partition coefficient (Wildman–Crippen LogP) is -1.59. The Morgan fingerprint density at radius 1 is 0.886 bits per heavy atom. The molecule has 2 rings (SSSR count). The molecule has 44 heavy (non-hydrogen) atoms. The summed E-state index contributed by atoms with van der Waals surface area (Å²) in [6, 6.07) is 4.30. The van der Waals surface area contributed by atoms with Crippen LogP contribution in [0.4, 0.5) is 0 Å².